The third-order valence-corrected chi connectivity index (χ3v) is 5.62. The van der Waals surface area contributed by atoms with Gasteiger partial charge in [-0.25, -0.2) is 0 Å². The Hall–Kier alpha value is -3.24. The number of benzene rings is 2. The molecule has 0 aliphatic heterocycles. The van der Waals surface area contributed by atoms with E-state index in [-0.39, 0.29) is 5.91 Å². The van der Waals surface area contributed by atoms with Crippen LogP contribution in [-0.4, -0.2) is 26.2 Å². The van der Waals surface area contributed by atoms with Crippen LogP contribution < -0.4 is 5.32 Å². The zero-order valence-electron chi connectivity index (χ0n) is 16.6. The Labute approximate surface area is 172 Å². The number of carbonyl (C=O) groups is 1. The predicted molar refractivity (Wildman–Crippen MR) is 114 cm³/mol. The highest BCUT2D eigenvalue weighted by molar-refractivity contribution is 7.84. The molecule has 1 heterocycles. The van der Waals surface area contributed by atoms with E-state index in [2.05, 4.69) is 16.5 Å². The van der Waals surface area contributed by atoms with Crippen molar-refractivity contribution in [2.75, 3.05) is 11.6 Å². The first-order valence-corrected chi connectivity index (χ1v) is 10.7. The molecule has 148 valence electrons. The lowest BCUT2D eigenvalue weighted by Gasteiger charge is -2.07. The largest absolute Gasteiger partial charge is 0.322 e. The Balaban J connectivity index is 1.94. The third kappa shape index (κ3) is 4.79. The summed E-state index contributed by atoms with van der Waals surface area (Å²) in [5, 5.41) is 16.3. The predicted octanol–water partition coefficient (Wildman–Crippen LogP) is 4.07. The third-order valence-electron chi connectivity index (χ3n) is 4.68. The topological polar surface area (TPSA) is 87.8 Å². The molecule has 0 saturated carbocycles. The normalized spacial score (nSPS) is 11.7. The maximum absolute atomic E-state index is 13.0. The molecule has 0 aliphatic carbocycles. The fourth-order valence-corrected chi connectivity index (χ4v) is 3.42. The van der Waals surface area contributed by atoms with Crippen molar-refractivity contribution in [3.63, 3.8) is 0 Å². The van der Waals surface area contributed by atoms with Crippen molar-refractivity contribution in [3.8, 4) is 17.3 Å². The van der Waals surface area contributed by atoms with Crippen LogP contribution in [0.5, 0.6) is 0 Å². The molecular formula is C22H22N4O2S. The first kappa shape index (κ1) is 20.5. The van der Waals surface area contributed by atoms with Crippen molar-refractivity contribution in [2.45, 2.75) is 31.7 Å². The van der Waals surface area contributed by atoms with Crippen LogP contribution in [0.2, 0.25) is 0 Å². The van der Waals surface area contributed by atoms with Gasteiger partial charge in [0.05, 0.1) is 24.6 Å². The minimum absolute atomic E-state index is 0.285. The number of hydrogen-bond donors (Lipinski definition) is 1. The summed E-state index contributed by atoms with van der Waals surface area (Å²) in [6, 6.07) is 15.0. The lowest BCUT2D eigenvalue weighted by molar-refractivity contribution is 0.102. The van der Waals surface area contributed by atoms with E-state index in [4.69, 9.17) is 5.26 Å². The molecule has 0 saturated heterocycles. The van der Waals surface area contributed by atoms with E-state index < -0.39 is 10.8 Å². The number of aryl methyl sites for hydroxylation is 3. The molecule has 6 nitrogen and oxygen atoms in total. The molecule has 1 atom stereocenters. The number of amides is 1. The summed E-state index contributed by atoms with van der Waals surface area (Å²) in [6.45, 7) is 4.47. The summed E-state index contributed by atoms with van der Waals surface area (Å²) in [4.78, 5) is 13.7. The zero-order chi connectivity index (χ0) is 21.0. The lowest BCUT2D eigenvalue weighted by atomic mass is 10.0. The minimum Gasteiger partial charge on any atom is -0.322 e. The number of carbonyl (C=O) groups excluding carboxylic acids is 1. The molecule has 1 N–H and O–H groups in total. The molecule has 0 spiro atoms. The van der Waals surface area contributed by atoms with Gasteiger partial charge in [-0.15, -0.1) is 0 Å². The molecule has 3 aromatic rings. The van der Waals surface area contributed by atoms with Gasteiger partial charge >= 0.3 is 0 Å². The van der Waals surface area contributed by atoms with Crippen LogP contribution in [-0.2, 0) is 17.3 Å². The maximum Gasteiger partial charge on any atom is 0.259 e. The SMILES string of the molecule is Cc1ccc(-c2nn(CCC#N)cc2C(=O)Nc2ccc(S(C)=O)cc2)cc1C. The number of aromatic nitrogens is 2. The molecule has 1 unspecified atom stereocenters. The van der Waals surface area contributed by atoms with Gasteiger partial charge in [-0.2, -0.15) is 10.4 Å². The summed E-state index contributed by atoms with van der Waals surface area (Å²) in [5.74, 6) is -0.285. The number of nitrogens with one attached hydrogen (secondary N) is 1. The fourth-order valence-electron chi connectivity index (χ4n) is 2.90. The summed E-state index contributed by atoms with van der Waals surface area (Å²) >= 11 is 0. The van der Waals surface area contributed by atoms with E-state index in [0.29, 0.717) is 34.8 Å². The first-order valence-electron chi connectivity index (χ1n) is 9.16. The summed E-state index contributed by atoms with van der Waals surface area (Å²) in [7, 11) is -1.07. The highest BCUT2D eigenvalue weighted by atomic mass is 32.2. The Morgan fingerprint density at radius 3 is 2.52 bits per heavy atom. The van der Waals surface area contributed by atoms with Crippen LogP contribution in [0.3, 0.4) is 0 Å². The van der Waals surface area contributed by atoms with Crippen LogP contribution in [0.4, 0.5) is 5.69 Å². The smallest absolute Gasteiger partial charge is 0.259 e. The molecule has 0 bridgehead atoms. The number of nitriles is 1. The molecule has 7 heteroatoms. The molecule has 29 heavy (non-hydrogen) atoms. The molecule has 1 aromatic heterocycles. The minimum atomic E-state index is -1.07. The van der Waals surface area contributed by atoms with Gasteiger partial charge in [-0.1, -0.05) is 12.1 Å². The van der Waals surface area contributed by atoms with Crippen LogP contribution in [0.15, 0.2) is 53.6 Å². The average molecular weight is 407 g/mol. The Morgan fingerprint density at radius 2 is 1.90 bits per heavy atom. The van der Waals surface area contributed by atoms with E-state index >= 15 is 0 Å². The number of hydrogen-bond acceptors (Lipinski definition) is 4. The van der Waals surface area contributed by atoms with E-state index in [1.54, 1.807) is 41.4 Å². The highest BCUT2D eigenvalue weighted by Crippen LogP contribution is 2.25. The molecule has 1 amide bonds. The van der Waals surface area contributed by atoms with Crippen molar-refractivity contribution in [1.82, 2.24) is 9.78 Å². The van der Waals surface area contributed by atoms with Crippen molar-refractivity contribution in [3.05, 3.63) is 65.4 Å². The number of rotatable bonds is 6. The standard InChI is InChI=1S/C22H22N4O2S/c1-15-5-6-17(13-16(15)2)21-20(14-26(25-21)12-4-11-23)22(27)24-18-7-9-19(10-8-18)29(3)28/h5-10,13-14H,4,12H2,1-3H3,(H,24,27). The van der Waals surface area contributed by atoms with Gasteiger partial charge in [-0.05, 0) is 55.3 Å². The van der Waals surface area contributed by atoms with Crippen LogP contribution in [0, 0.1) is 25.2 Å². The number of nitrogens with zero attached hydrogens (tertiary/aromatic N) is 3. The fraction of sp³-hybridized carbons (Fsp3) is 0.227. The van der Waals surface area contributed by atoms with Gasteiger partial charge in [0.25, 0.3) is 5.91 Å². The summed E-state index contributed by atoms with van der Waals surface area (Å²) in [6.07, 6.45) is 3.59. The van der Waals surface area contributed by atoms with Gasteiger partial charge in [0, 0.05) is 39.4 Å². The lowest BCUT2D eigenvalue weighted by Crippen LogP contribution is -2.12. The monoisotopic (exact) mass is 406 g/mol. The summed E-state index contributed by atoms with van der Waals surface area (Å²) in [5.41, 5.74) is 4.76. The Kier molecular flexibility index (Phi) is 6.25. The van der Waals surface area contributed by atoms with Crippen LogP contribution >= 0.6 is 0 Å². The highest BCUT2D eigenvalue weighted by Gasteiger charge is 2.19. The second-order valence-electron chi connectivity index (χ2n) is 6.79. The molecule has 0 radical (unpaired) electrons. The Morgan fingerprint density at radius 1 is 1.17 bits per heavy atom. The van der Waals surface area contributed by atoms with Gasteiger partial charge in [-0.3, -0.25) is 13.7 Å². The second-order valence-corrected chi connectivity index (χ2v) is 8.17. The van der Waals surface area contributed by atoms with Crippen molar-refractivity contribution in [1.29, 1.82) is 5.26 Å². The van der Waals surface area contributed by atoms with Gasteiger partial charge in [0.2, 0.25) is 0 Å². The number of anilines is 1. The molecule has 3 rings (SSSR count). The van der Waals surface area contributed by atoms with Gasteiger partial charge < -0.3 is 5.32 Å². The molecule has 0 fully saturated rings. The average Bonchev–Trinajstić information content (AvgIpc) is 3.13. The van der Waals surface area contributed by atoms with Crippen molar-refractivity contribution >= 4 is 22.4 Å². The van der Waals surface area contributed by atoms with E-state index in [1.165, 1.54) is 0 Å². The molecular weight excluding hydrogens is 384 g/mol. The second kappa shape index (κ2) is 8.84. The van der Waals surface area contributed by atoms with Gasteiger partial charge in [0.1, 0.15) is 5.69 Å². The van der Waals surface area contributed by atoms with E-state index in [9.17, 15) is 9.00 Å². The molecule has 2 aromatic carbocycles. The van der Waals surface area contributed by atoms with Crippen molar-refractivity contribution < 1.29 is 9.00 Å². The first-order chi connectivity index (χ1) is 13.9. The Bertz CT molecular complexity index is 1110. The van der Waals surface area contributed by atoms with Crippen LogP contribution in [0.1, 0.15) is 27.9 Å². The van der Waals surface area contributed by atoms with Crippen molar-refractivity contribution in [2.24, 2.45) is 0 Å². The van der Waals surface area contributed by atoms with Crippen LogP contribution in [0.25, 0.3) is 11.3 Å². The van der Waals surface area contributed by atoms with E-state index in [0.717, 1.165) is 16.7 Å². The van der Waals surface area contributed by atoms with Gasteiger partial charge in [0.15, 0.2) is 0 Å². The maximum atomic E-state index is 13.0. The zero-order valence-corrected chi connectivity index (χ0v) is 17.4. The quantitative estimate of drug-likeness (QED) is 0.668. The summed E-state index contributed by atoms with van der Waals surface area (Å²) < 4.78 is 13.2. The molecule has 0 aliphatic rings. The van der Waals surface area contributed by atoms with E-state index in [1.807, 2.05) is 32.0 Å².